The number of nitrogens with zero attached hydrogens (tertiary/aromatic N) is 2. The van der Waals surface area contributed by atoms with E-state index < -0.39 is 0 Å². The number of fused-ring (bicyclic) bond motifs is 1. The van der Waals surface area contributed by atoms with Crippen LogP contribution in [0.5, 0.6) is 0 Å². The fraction of sp³-hybridized carbons (Fsp3) is 0.250. The van der Waals surface area contributed by atoms with Gasteiger partial charge < -0.3 is 11.1 Å². The van der Waals surface area contributed by atoms with E-state index in [4.69, 9.17) is 5.73 Å². The van der Waals surface area contributed by atoms with E-state index in [1.165, 1.54) is 11.5 Å². The van der Waals surface area contributed by atoms with Gasteiger partial charge in [-0.3, -0.25) is 0 Å². The summed E-state index contributed by atoms with van der Waals surface area (Å²) in [5.41, 5.74) is 5.37. The lowest BCUT2D eigenvalue weighted by molar-refractivity contribution is 1.01. The third-order valence-corrected chi connectivity index (χ3v) is 2.45. The molecule has 2 heterocycles. The summed E-state index contributed by atoms with van der Waals surface area (Å²) in [6.45, 7) is 1.36. The molecular formula is C8H10N4S. The minimum absolute atomic E-state index is 0.613. The van der Waals surface area contributed by atoms with Crippen LogP contribution in [0, 0.1) is 0 Å². The van der Waals surface area contributed by atoms with Crippen molar-refractivity contribution in [2.45, 2.75) is 0 Å². The smallest absolute Gasteiger partial charge is 0.127 e. The molecule has 0 aliphatic heterocycles. The maximum absolute atomic E-state index is 5.37. The molecule has 0 spiro atoms. The first-order valence-electron chi connectivity index (χ1n) is 4.04. The van der Waals surface area contributed by atoms with Crippen LogP contribution in [-0.2, 0) is 0 Å². The monoisotopic (exact) mass is 194 g/mol. The van der Waals surface area contributed by atoms with Crippen LogP contribution in [0.1, 0.15) is 0 Å². The SMILES string of the molecule is NCCNc1cc2sncc2cn1. The first-order valence-corrected chi connectivity index (χ1v) is 4.82. The molecule has 0 bridgehead atoms. The van der Waals surface area contributed by atoms with Crippen molar-refractivity contribution in [2.24, 2.45) is 5.73 Å². The standard InChI is InChI=1S/C8H10N4S/c9-1-2-10-8-3-7-6(4-11-8)5-12-13-7/h3-5H,1-2,9H2,(H,10,11). The van der Waals surface area contributed by atoms with Crippen LogP contribution >= 0.6 is 11.5 Å². The zero-order valence-corrected chi connectivity index (χ0v) is 7.84. The quantitative estimate of drug-likeness (QED) is 0.767. The van der Waals surface area contributed by atoms with E-state index in [0.717, 1.165) is 22.4 Å². The molecule has 0 radical (unpaired) electrons. The number of hydrogen-bond acceptors (Lipinski definition) is 5. The Labute approximate surface area is 80.0 Å². The Kier molecular flexibility index (Phi) is 2.37. The Balaban J connectivity index is 2.26. The van der Waals surface area contributed by atoms with E-state index in [1.807, 2.05) is 18.5 Å². The second kappa shape index (κ2) is 3.68. The van der Waals surface area contributed by atoms with Gasteiger partial charge in [0, 0.05) is 24.7 Å². The third kappa shape index (κ3) is 1.76. The number of anilines is 1. The molecule has 0 amide bonds. The molecule has 5 heteroatoms. The number of aromatic nitrogens is 2. The van der Waals surface area contributed by atoms with E-state index in [9.17, 15) is 0 Å². The summed E-state index contributed by atoms with van der Waals surface area (Å²) < 4.78 is 5.22. The van der Waals surface area contributed by atoms with Gasteiger partial charge in [0.15, 0.2) is 0 Å². The molecule has 4 nitrogen and oxygen atoms in total. The van der Waals surface area contributed by atoms with Crippen LogP contribution in [-0.4, -0.2) is 22.4 Å². The normalized spacial score (nSPS) is 10.5. The zero-order valence-electron chi connectivity index (χ0n) is 7.03. The lowest BCUT2D eigenvalue weighted by Crippen LogP contribution is -2.13. The van der Waals surface area contributed by atoms with E-state index in [0.29, 0.717) is 6.54 Å². The molecule has 0 saturated heterocycles. The predicted molar refractivity (Wildman–Crippen MR) is 55.0 cm³/mol. The molecule has 0 unspecified atom stereocenters. The van der Waals surface area contributed by atoms with Gasteiger partial charge in [0.05, 0.1) is 10.9 Å². The first-order chi connectivity index (χ1) is 6.40. The van der Waals surface area contributed by atoms with Crippen molar-refractivity contribution in [3.05, 3.63) is 18.5 Å². The summed E-state index contributed by atoms with van der Waals surface area (Å²) in [5.74, 6) is 0.863. The lowest BCUT2D eigenvalue weighted by atomic mass is 10.3. The maximum Gasteiger partial charge on any atom is 0.127 e. The molecule has 3 N–H and O–H groups in total. The van der Waals surface area contributed by atoms with Gasteiger partial charge in [-0.25, -0.2) is 4.98 Å². The Bertz CT molecular complexity index is 398. The van der Waals surface area contributed by atoms with Gasteiger partial charge in [0.25, 0.3) is 0 Å². The Morgan fingerprint density at radius 2 is 2.38 bits per heavy atom. The van der Waals surface area contributed by atoms with Crippen molar-refractivity contribution < 1.29 is 0 Å². The molecule has 0 fully saturated rings. The van der Waals surface area contributed by atoms with Crippen molar-refractivity contribution >= 4 is 27.4 Å². The molecule has 0 aliphatic carbocycles. The van der Waals surface area contributed by atoms with Crippen molar-refractivity contribution in [2.75, 3.05) is 18.4 Å². The number of nitrogens with two attached hydrogens (primary N) is 1. The largest absolute Gasteiger partial charge is 0.369 e. The van der Waals surface area contributed by atoms with Gasteiger partial charge in [-0.15, -0.1) is 0 Å². The summed E-state index contributed by atoms with van der Waals surface area (Å²) in [6, 6.07) is 1.99. The second-order valence-corrected chi connectivity index (χ2v) is 3.48. The van der Waals surface area contributed by atoms with Crippen molar-refractivity contribution in [1.29, 1.82) is 0 Å². The fourth-order valence-corrected chi connectivity index (χ4v) is 1.72. The van der Waals surface area contributed by atoms with E-state index in [2.05, 4.69) is 14.7 Å². The molecule has 2 aromatic heterocycles. The number of hydrogen-bond donors (Lipinski definition) is 2. The van der Waals surface area contributed by atoms with Crippen LogP contribution in [0.4, 0.5) is 5.82 Å². The minimum atomic E-state index is 0.613. The summed E-state index contributed by atoms with van der Waals surface area (Å²) in [7, 11) is 0. The molecule has 2 aromatic rings. The molecular weight excluding hydrogens is 184 g/mol. The maximum atomic E-state index is 5.37. The Morgan fingerprint density at radius 3 is 3.23 bits per heavy atom. The highest BCUT2D eigenvalue weighted by Gasteiger charge is 1.98. The summed E-state index contributed by atoms with van der Waals surface area (Å²) in [4.78, 5) is 4.22. The van der Waals surface area contributed by atoms with Gasteiger partial charge in [-0.1, -0.05) is 0 Å². The van der Waals surface area contributed by atoms with Crippen molar-refractivity contribution in [3.8, 4) is 0 Å². The van der Waals surface area contributed by atoms with E-state index >= 15 is 0 Å². The summed E-state index contributed by atoms with van der Waals surface area (Å²) >= 11 is 1.47. The van der Waals surface area contributed by atoms with Crippen LogP contribution in [0.3, 0.4) is 0 Å². The molecule has 2 rings (SSSR count). The first kappa shape index (κ1) is 8.40. The average Bonchev–Trinajstić information content (AvgIpc) is 2.61. The second-order valence-electron chi connectivity index (χ2n) is 2.65. The van der Waals surface area contributed by atoms with Crippen LogP contribution < -0.4 is 11.1 Å². The summed E-state index contributed by atoms with van der Waals surface area (Å²) in [6.07, 6.45) is 3.64. The number of rotatable bonds is 3. The molecule has 13 heavy (non-hydrogen) atoms. The Hall–Kier alpha value is -1.20. The summed E-state index contributed by atoms with van der Waals surface area (Å²) in [5, 5.41) is 4.21. The van der Waals surface area contributed by atoms with Gasteiger partial charge in [0.1, 0.15) is 5.82 Å². The van der Waals surface area contributed by atoms with Gasteiger partial charge in [-0.2, -0.15) is 4.37 Å². The number of pyridine rings is 1. The average molecular weight is 194 g/mol. The molecule has 0 aliphatic rings. The fourth-order valence-electron chi connectivity index (χ4n) is 1.06. The highest BCUT2D eigenvalue weighted by molar-refractivity contribution is 7.13. The van der Waals surface area contributed by atoms with Gasteiger partial charge in [-0.05, 0) is 17.6 Å². The highest BCUT2D eigenvalue weighted by Crippen LogP contribution is 2.19. The van der Waals surface area contributed by atoms with Crippen LogP contribution in [0.2, 0.25) is 0 Å². The van der Waals surface area contributed by atoms with E-state index in [-0.39, 0.29) is 0 Å². The molecule has 68 valence electrons. The van der Waals surface area contributed by atoms with Gasteiger partial charge >= 0.3 is 0 Å². The van der Waals surface area contributed by atoms with Gasteiger partial charge in [0.2, 0.25) is 0 Å². The van der Waals surface area contributed by atoms with Crippen molar-refractivity contribution in [1.82, 2.24) is 9.36 Å². The highest BCUT2D eigenvalue weighted by atomic mass is 32.1. The predicted octanol–water partition coefficient (Wildman–Crippen LogP) is 1.06. The van der Waals surface area contributed by atoms with E-state index in [1.54, 1.807) is 0 Å². The lowest BCUT2D eigenvalue weighted by Gasteiger charge is -2.01. The molecule has 0 aromatic carbocycles. The Morgan fingerprint density at radius 1 is 1.46 bits per heavy atom. The molecule has 0 saturated carbocycles. The minimum Gasteiger partial charge on any atom is -0.369 e. The number of nitrogens with one attached hydrogen (secondary N) is 1. The third-order valence-electron chi connectivity index (χ3n) is 1.69. The van der Waals surface area contributed by atoms with Crippen molar-refractivity contribution in [3.63, 3.8) is 0 Å². The molecule has 0 atom stereocenters. The van der Waals surface area contributed by atoms with Crippen LogP contribution in [0.15, 0.2) is 18.5 Å². The topological polar surface area (TPSA) is 63.8 Å². The zero-order chi connectivity index (χ0) is 9.10. The van der Waals surface area contributed by atoms with Crippen LogP contribution in [0.25, 0.3) is 10.1 Å².